The van der Waals surface area contributed by atoms with Gasteiger partial charge < -0.3 is 10.2 Å². The Morgan fingerprint density at radius 1 is 1.29 bits per heavy atom. The number of nitrogens with zero attached hydrogens (tertiary/aromatic N) is 1. The maximum absolute atomic E-state index is 3.91. The topological polar surface area (TPSA) is 15.3 Å². The van der Waals surface area contributed by atoms with Crippen LogP contribution in [0, 0.1) is 0 Å². The number of para-hydroxylation sites is 1. The second-order valence-electron chi connectivity index (χ2n) is 5.09. The fraction of sp³-hybridized carbons (Fsp3) is 0.368. The SMILES string of the molecule is C=C/C=C(\C=C)CN(CCC)c1ccccc1CCNC. The number of benzene rings is 1. The third-order valence-corrected chi connectivity index (χ3v) is 3.44. The van der Waals surface area contributed by atoms with Gasteiger partial charge in [0.25, 0.3) is 0 Å². The molecule has 0 unspecified atom stereocenters. The van der Waals surface area contributed by atoms with Crippen LogP contribution in [-0.4, -0.2) is 26.7 Å². The lowest BCUT2D eigenvalue weighted by molar-refractivity contribution is 0.771. The molecule has 0 atom stereocenters. The van der Waals surface area contributed by atoms with E-state index >= 15 is 0 Å². The van der Waals surface area contributed by atoms with E-state index in [9.17, 15) is 0 Å². The maximum Gasteiger partial charge on any atom is 0.0429 e. The lowest BCUT2D eigenvalue weighted by Gasteiger charge is -2.27. The highest BCUT2D eigenvalue weighted by atomic mass is 15.1. The molecule has 2 nitrogen and oxygen atoms in total. The van der Waals surface area contributed by atoms with Crippen LogP contribution in [0.4, 0.5) is 5.69 Å². The third-order valence-electron chi connectivity index (χ3n) is 3.44. The molecule has 1 aromatic rings. The molecule has 0 bridgehead atoms. The summed E-state index contributed by atoms with van der Waals surface area (Å²) in [6.07, 6.45) is 7.95. The van der Waals surface area contributed by atoms with Crippen molar-refractivity contribution in [1.82, 2.24) is 5.32 Å². The first-order valence-corrected chi connectivity index (χ1v) is 7.68. The van der Waals surface area contributed by atoms with Gasteiger partial charge in [-0.1, -0.05) is 56.5 Å². The van der Waals surface area contributed by atoms with E-state index in [0.29, 0.717) is 0 Å². The number of hydrogen-bond donors (Lipinski definition) is 1. The Morgan fingerprint density at radius 3 is 2.67 bits per heavy atom. The Balaban J connectivity index is 3.01. The second-order valence-corrected chi connectivity index (χ2v) is 5.09. The summed E-state index contributed by atoms with van der Waals surface area (Å²) >= 11 is 0. The second kappa shape index (κ2) is 10.0. The molecule has 0 fully saturated rings. The normalized spacial score (nSPS) is 11.2. The van der Waals surface area contributed by atoms with Crippen molar-refractivity contribution >= 4 is 5.69 Å². The van der Waals surface area contributed by atoms with Crippen molar-refractivity contribution < 1.29 is 0 Å². The molecule has 1 aromatic carbocycles. The molecule has 114 valence electrons. The quantitative estimate of drug-likeness (QED) is 0.654. The fourth-order valence-electron chi connectivity index (χ4n) is 2.40. The number of allylic oxidation sites excluding steroid dienone is 2. The Bertz CT molecular complexity index is 474. The molecule has 1 rings (SSSR count). The van der Waals surface area contributed by atoms with Crippen molar-refractivity contribution in [1.29, 1.82) is 0 Å². The molecule has 0 aliphatic carbocycles. The zero-order valence-electron chi connectivity index (χ0n) is 13.4. The molecule has 0 aliphatic heterocycles. The lowest BCUT2D eigenvalue weighted by atomic mass is 10.1. The summed E-state index contributed by atoms with van der Waals surface area (Å²) in [5.74, 6) is 0. The van der Waals surface area contributed by atoms with Crippen LogP contribution in [-0.2, 0) is 6.42 Å². The van der Waals surface area contributed by atoms with Crippen LogP contribution in [0.1, 0.15) is 18.9 Å². The van der Waals surface area contributed by atoms with E-state index in [1.807, 2.05) is 25.3 Å². The minimum atomic E-state index is 0.875. The Labute approximate surface area is 129 Å². The van der Waals surface area contributed by atoms with E-state index in [-0.39, 0.29) is 0 Å². The molecular formula is C19H28N2. The van der Waals surface area contributed by atoms with Crippen LogP contribution in [0.5, 0.6) is 0 Å². The van der Waals surface area contributed by atoms with Gasteiger partial charge in [0, 0.05) is 18.8 Å². The zero-order chi connectivity index (χ0) is 15.5. The average Bonchev–Trinajstić information content (AvgIpc) is 2.52. The van der Waals surface area contributed by atoms with Gasteiger partial charge in [-0.25, -0.2) is 0 Å². The Kier molecular flexibility index (Phi) is 8.22. The van der Waals surface area contributed by atoms with Crippen molar-refractivity contribution in [2.75, 3.05) is 31.6 Å². The fourth-order valence-corrected chi connectivity index (χ4v) is 2.40. The van der Waals surface area contributed by atoms with Crippen LogP contribution >= 0.6 is 0 Å². The van der Waals surface area contributed by atoms with Gasteiger partial charge in [0.2, 0.25) is 0 Å². The Hall–Kier alpha value is -1.80. The first-order valence-electron chi connectivity index (χ1n) is 7.68. The molecule has 2 heteroatoms. The van der Waals surface area contributed by atoms with E-state index in [4.69, 9.17) is 0 Å². The van der Waals surface area contributed by atoms with E-state index in [0.717, 1.165) is 32.5 Å². The highest BCUT2D eigenvalue weighted by Crippen LogP contribution is 2.22. The summed E-state index contributed by atoms with van der Waals surface area (Å²) in [7, 11) is 2.00. The predicted octanol–water partition coefficient (Wildman–Crippen LogP) is 3.96. The van der Waals surface area contributed by atoms with Gasteiger partial charge in [-0.05, 0) is 43.6 Å². The predicted molar refractivity (Wildman–Crippen MR) is 95.1 cm³/mol. The first-order chi connectivity index (χ1) is 10.3. The van der Waals surface area contributed by atoms with Gasteiger partial charge in [-0.2, -0.15) is 0 Å². The number of likely N-dealkylation sites (N-methyl/N-ethyl adjacent to an activating group) is 1. The molecule has 0 amide bonds. The van der Waals surface area contributed by atoms with Gasteiger partial charge in [-0.3, -0.25) is 0 Å². The lowest BCUT2D eigenvalue weighted by Crippen LogP contribution is -2.27. The molecule has 21 heavy (non-hydrogen) atoms. The minimum absolute atomic E-state index is 0.875. The van der Waals surface area contributed by atoms with Gasteiger partial charge >= 0.3 is 0 Å². The van der Waals surface area contributed by atoms with E-state index in [2.05, 4.69) is 54.6 Å². The average molecular weight is 284 g/mol. The highest BCUT2D eigenvalue weighted by molar-refractivity contribution is 5.55. The molecule has 0 aromatic heterocycles. The molecule has 0 saturated heterocycles. The minimum Gasteiger partial charge on any atom is -0.367 e. The molecule has 0 heterocycles. The number of anilines is 1. The monoisotopic (exact) mass is 284 g/mol. The number of hydrogen-bond acceptors (Lipinski definition) is 2. The van der Waals surface area contributed by atoms with Gasteiger partial charge in [0.1, 0.15) is 0 Å². The van der Waals surface area contributed by atoms with Crippen molar-refractivity contribution in [2.24, 2.45) is 0 Å². The zero-order valence-corrected chi connectivity index (χ0v) is 13.4. The molecule has 1 N–H and O–H groups in total. The summed E-state index contributed by atoms with van der Waals surface area (Å²) in [5, 5.41) is 3.23. The van der Waals surface area contributed by atoms with Gasteiger partial charge in [-0.15, -0.1) is 0 Å². The smallest absolute Gasteiger partial charge is 0.0429 e. The van der Waals surface area contributed by atoms with Crippen LogP contribution in [0.15, 0.2) is 61.2 Å². The standard InChI is InChI=1S/C19H28N2/c1-5-10-17(7-3)16-21(15-6-2)19-12-9-8-11-18(19)13-14-20-4/h5,7-12,20H,1,3,6,13-16H2,2,4H3/b17-10+. The van der Waals surface area contributed by atoms with E-state index in [1.165, 1.54) is 16.8 Å². The van der Waals surface area contributed by atoms with Crippen LogP contribution < -0.4 is 10.2 Å². The van der Waals surface area contributed by atoms with Gasteiger partial charge in [0.15, 0.2) is 0 Å². The number of nitrogens with one attached hydrogen (secondary N) is 1. The third kappa shape index (κ3) is 5.60. The highest BCUT2D eigenvalue weighted by Gasteiger charge is 2.10. The van der Waals surface area contributed by atoms with Crippen molar-refractivity contribution in [3.8, 4) is 0 Å². The summed E-state index contributed by atoms with van der Waals surface area (Å²) in [5.41, 5.74) is 3.91. The van der Waals surface area contributed by atoms with Crippen molar-refractivity contribution in [3.05, 3.63) is 66.8 Å². The largest absolute Gasteiger partial charge is 0.367 e. The molecule has 0 aliphatic rings. The Morgan fingerprint density at radius 2 is 2.05 bits per heavy atom. The summed E-state index contributed by atoms with van der Waals surface area (Å²) in [6.45, 7) is 12.8. The van der Waals surface area contributed by atoms with Crippen molar-refractivity contribution in [3.63, 3.8) is 0 Å². The van der Waals surface area contributed by atoms with E-state index in [1.54, 1.807) is 0 Å². The molecule has 0 spiro atoms. The summed E-state index contributed by atoms with van der Waals surface area (Å²) < 4.78 is 0. The number of rotatable bonds is 10. The maximum atomic E-state index is 3.91. The first kappa shape index (κ1) is 17.3. The van der Waals surface area contributed by atoms with Crippen LogP contribution in [0.25, 0.3) is 0 Å². The molecule has 0 radical (unpaired) electrons. The molecule has 0 saturated carbocycles. The molecular weight excluding hydrogens is 256 g/mol. The van der Waals surface area contributed by atoms with Gasteiger partial charge in [0.05, 0.1) is 0 Å². The summed E-state index contributed by atoms with van der Waals surface area (Å²) in [6, 6.07) is 8.67. The van der Waals surface area contributed by atoms with Crippen LogP contribution in [0.2, 0.25) is 0 Å². The summed E-state index contributed by atoms with van der Waals surface area (Å²) in [4.78, 5) is 2.43. The van der Waals surface area contributed by atoms with Crippen LogP contribution in [0.3, 0.4) is 0 Å². The van der Waals surface area contributed by atoms with E-state index < -0.39 is 0 Å². The van der Waals surface area contributed by atoms with Crippen molar-refractivity contribution in [2.45, 2.75) is 19.8 Å².